The molecule has 0 saturated heterocycles. The van der Waals surface area contributed by atoms with Crippen LogP contribution in [0.2, 0.25) is 0 Å². The first kappa shape index (κ1) is 15.6. The molecule has 110 valence electrons. The maximum Gasteiger partial charge on any atom is 0.356 e. The monoisotopic (exact) mass is 303 g/mol. The quantitative estimate of drug-likeness (QED) is 0.602. The summed E-state index contributed by atoms with van der Waals surface area (Å²) >= 11 is 0. The topological polar surface area (TPSA) is 81.4 Å². The van der Waals surface area contributed by atoms with Crippen LogP contribution >= 0.6 is 7.60 Å². The van der Waals surface area contributed by atoms with Gasteiger partial charge >= 0.3 is 7.60 Å². The van der Waals surface area contributed by atoms with E-state index in [9.17, 15) is 4.57 Å². The molecule has 2 aromatic rings. The van der Waals surface area contributed by atoms with Gasteiger partial charge in [0.1, 0.15) is 0 Å². The fourth-order valence-electron chi connectivity index (χ4n) is 2.54. The van der Waals surface area contributed by atoms with E-state index >= 15 is 0 Å². The number of rotatable bonds is 3. The Hall–Kier alpha value is -1.74. The summed E-state index contributed by atoms with van der Waals surface area (Å²) < 4.78 is 11.2. The first-order valence-electron chi connectivity index (χ1n) is 6.53. The Kier molecular flexibility index (Phi) is 4.15. The van der Waals surface area contributed by atoms with Crippen LogP contribution in [0.25, 0.3) is 0 Å². The highest BCUT2D eigenvalue weighted by Crippen LogP contribution is 2.33. The van der Waals surface area contributed by atoms with Gasteiger partial charge in [-0.15, -0.1) is 0 Å². The second-order valence-corrected chi connectivity index (χ2v) is 6.84. The first-order valence-corrected chi connectivity index (χ1v) is 8.14. The standard InChI is InChI=1S/C16H18NO3P/c1-10-8-11(2)15(12(3)9-10)16(17)13-4-6-14(7-5-13)21(18,19)20/h4-9,17H,1-3H3,(H2,18,19,20). The highest BCUT2D eigenvalue weighted by atomic mass is 31.2. The third-order valence-corrected chi connectivity index (χ3v) is 4.39. The van der Waals surface area contributed by atoms with E-state index in [0.29, 0.717) is 11.3 Å². The van der Waals surface area contributed by atoms with E-state index < -0.39 is 7.60 Å². The number of nitrogens with one attached hydrogen (secondary N) is 1. The Bertz CT molecular complexity index is 722. The molecule has 0 aromatic heterocycles. The van der Waals surface area contributed by atoms with E-state index in [1.54, 1.807) is 12.1 Å². The average Bonchev–Trinajstić information content (AvgIpc) is 2.36. The Balaban J connectivity index is 2.44. The first-order chi connectivity index (χ1) is 9.70. The third kappa shape index (κ3) is 3.30. The van der Waals surface area contributed by atoms with Gasteiger partial charge in [-0.3, -0.25) is 9.97 Å². The van der Waals surface area contributed by atoms with Gasteiger partial charge in [-0.25, -0.2) is 0 Å². The average molecular weight is 303 g/mol. The van der Waals surface area contributed by atoms with Gasteiger partial charge in [0.25, 0.3) is 0 Å². The van der Waals surface area contributed by atoms with Crippen LogP contribution in [0.3, 0.4) is 0 Å². The molecule has 0 unspecified atom stereocenters. The molecule has 3 N–H and O–H groups in total. The molecule has 0 saturated carbocycles. The van der Waals surface area contributed by atoms with Crippen LogP contribution in [0.4, 0.5) is 0 Å². The summed E-state index contributed by atoms with van der Waals surface area (Å²) in [5.41, 5.74) is 5.07. The van der Waals surface area contributed by atoms with Crippen molar-refractivity contribution in [3.63, 3.8) is 0 Å². The zero-order valence-corrected chi connectivity index (χ0v) is 13.1. The molecular formula is C16H18NO3P. The minimum atomic E-state index is -4.24. The molecule has 0 bridgehead atoms. The Morgan fingerprint density at radius 1 is 1.00 bits per heavy atom. The van der Waals surface area contributed by atoms with E-state index in [1.807, 2.05) is 32.9 Å². The molecule has 0 radical (unpaired) electrons. The highest BCUT2D eigenvalue weighted by Gasteiger charge is 2.17. The molecule has 0 atom stereocenters. The van der Waals surface area contributed by atoms with Gasteiger partial charge in [0.05, 0.1) is 11.0 Å². The van der Waals surface area contributed by atoms with Crippen LogP contribution in [-0.2, 0) is 4.57 Å². The van der Waals surface area contributed by atoms with E-state index in [-0.39, 0.29) is 5.30 Å². The van der Waals surface area contributed by atoms with E-state index in [0.717, 1.165) is 22.3 Å². The summed E-state index contributed by atoms with van der Waals surface area (Å²) in [6.45, 7) is 5.95. The van der Waals surface area contributed by atoms with Crippen LogP contribution in [0, 0.1) is 26.2 Å². The third-order valence-electron chi connectivity index (χ3n) is 3.42. The highest BCUT2D eigenvalue weighted by molar-refractivity contribution is 7.60. The van der Waals surface area contributed by atoms with E-state index in [2.05, 4.69) is 0 Å². The maximum atomic E-state index is 11.2. The fraction of sp³-hybridized carbons (Fsp3) is 0.188. The molecule has 0 spiro atoms. The molecule has 0 amide bonds. The van der Waals surface area contributed by atoms with Crippen LogP contribution in [0.1, 0.15) is 27.8 Å². The van der Waals surface area contributed by atoms with Gasteiger partial charge in [-0.2, -0.15) is 0 Å². The fourth-order valence-corrected chi connectivity index (χ4v) is 3.08. The van der Waals surface area contributed by atoms with Crippen molar-refractivity contribution in [2.75, 3.05) is 0 Å². The Morgan fingerprint density at radius 3 is 1.90 bits per heavy atom. The predicted molar refractivity (Wildman–Crippen MR) is 84.7 cm³/mol. The minimum absolute atomic E-state index is 0.0311. The number of hydrogen-bond acceptors (Lipinski definition) is 2. The van der Waals surface area contributed by atoms with E-state index in [1.165, 1.54) is 12.1 Å². The molecule has 0 heterocycles. The summed E-state index contributed by atoms with van der Waals surface area (Å²) in [7, 11) is -4.24. The molecule has 0 aliphatic rings. The lowest BCUT2D eigenvalue weighted by Gasteiger charge is -2.13. The lowest BCUT2D eigenvalue weighted by Crippen LogP contribution is -2.09. The summed E-state index contributed by atoms with van der Waals surface area (Å²) in [6, 6.07) is 9.97. The molecule has 2 rings (SSSR count). The van der Waals surface area contributed by atoms with Crippen molar-refractivity contribution >= 4 is 18.6 Å². The van der Waals surface area contributed by atoms with Gasteiger partial charge < -0.3 is 9.79 Å². The van der Waals surface area contributed by atoms with Crippen LogP contribution in [0.5, 0.6) is 0 Å². The predicted octanol–water partition coefficient (Wildman–Crippen LogP) is 2.83. The molecule has 2 aromatic carbocycles. The van der Waals surface area contributed by atoms with Gasteiger partial charge in [-0.05, 0) is 44.0 Å². The smallest absolute Gasteiger partial charge is 0.321 e. The van der Waals surface area contributed by atoms with Gasteiger partial charge in [-0.1, -0.05) is 29.8 Å². The van der Waals surface area contributed by atoms with Crippen molar-refractivity contribution < 1.29 is 14.4 Å². The lowest BCUT2D eigenvalue weighted by atomic mass is 9.93. The zero-order chi connectivity index (χ0) is 15.8. The van der Waals surface area contributed by atoms with Crippen molar-refractivity contribution in [3.8, 4) is 0 Å². The number of benzene rings is 2. The largest absolute Gasteiger partial charge is 0.356 e. The Labute approximate surface area is 124 Å². The van der Waals surface area contributed by atoms with Crippen molar-refractivity contribution in [1.29, 1.82) is 5.41 Å². The normalized spacial score (nSPS) is 11.5. The minimum Gasteiger partial charge on any atom is -0.321 e. The SMILES string of the molecule is Cc1cc(C)c(C(=N)c2ccc(P(=O)(O)O)cc2)c(C)c1. The summed E-state index contributed by atoms with van der Waals surface area (Å²) in [6.07, 6.45) is 0. The summed E-state index contributed by atoms with van der Waals surface area (Å²) in [5, 5.41) is 8.32. The van der Waals surface area contributed by atoms with Gasteiger partial charge in [0.15, 0.2) is 0 Å². The second kappa shape index (κ2) is 5.57. The van der Waals surface area contributed by atoms with Crippen LogP contribution in [0.15, 0.2) is 36.4 Å². The molecule has 21 heavy (non-hydrogen) atoms. The van der Waals surface area contributed by atoms with E-state index in [4.69, 9.17) is 15.2 Å². The molecule has 5 heteroatoms. The molecule has 0 aliphatic heterocycles. The van der Waals surface area contributed by atoms with Crippen molar-refractivity contribution in [2.45, 2.75) is 20.8 Å². The lowest BCUT2D eigenvalue weighted by molar-refractivity contribution is 0.387. The van der Waals surface area contributed by atoms with Gasteiger partial charge in [0.2, 0.25) is 0 Å². The van der Waals surface area contributed by atoms with Crippen molar-refractivity contribution in [1.82, 2.24) is 0 Å². The number of aryl methyl sites for hydroxylation is 3. The number of hydrogen-bond donors (Lipinski definition) is 3. The molecular weight excluding hydrogens is 285 g/mol. The summed E-state index contributed by atoms with van der Waals surface area (Å²) in [4.78, 5) is 18.2. The molecule has 4 nitrogen and oxygen atoms in total. The van der Waals surface area contributed by atoms with Crippen LogP contribution in [-0.4, -0.2) is 15.5 Å². The molecule has 0 fully saturated rings. The van der Waals surface area contributed by atoms with Gasteiger partial charge in [0, 0.05) is 11.1 Å². The van der Waals surface area contributed by atoms with Crippen molar-refractivity contribution in [3.05, 3.63) is 64.2 Å². The van der Waals surface area contributed by atoms with Crippen molar-refractivity contribution in [2.24, 2.45) is 0 Å². The maximum absolute atomic E-state index is 11.2. The zero-order valence-electron chi connectivity index (χ0n) is 12.2. The Morgan fingerprint density at radius 2 is 1.48 bits per heavy atom. The second-order valence-electron chi connectivity index (χ2n) is 5.24. The molecule has 0 aliphatic carbocycles. The summed E-state index contributed by atoms with van der Waals surface area (Å²) in [5.74, 6) is 0. The van der Waals surface area contributed by atoms with Crippen LogP contribution < -0.4 is 5.30 Å².